The molecule has 1 aromatic heterocycles. The zero-order valence-corrected chi connectivity index (χ0v) is 12.0. The molecule has 0 radical (unpaired) electrons. The molecule has 110 valence electrons. The van der Waals surface area contributed by atoms with E-state index in [9.17, 15) is 19.1 Å². The number of aromatic nitrogens is 1. The quantitative estimate of drug-likeness (QED) is 0.431. The first-order valence-electron chi connectivity index (χ1n) is 5.86. The van der Waals surface area contributed by atoms with Crippen molar-refractivity contribution in [3.05, 3.63) is 27.9 Å². The third-order valence-electron chi connectivity index (χ3n) is 2.47. The van der Waals surface area contributed by atoms with Gasteiger partial charge in [-0.25, -0.2) is 4.98 Å². The molecule has 1 rings (SSSR count). The van der Waals surface area contributed by atoms with Crippen LogP contribution >= 0.6 is 0 Å². The SMILES string of the molecule is CNc1cc(C(=O)NCCCS(C)=O)c([N+](=O)[O-])cn1. The topological polar surface area (TPSA) is 114 Å². The molecular weight excluding hydrogens is 284 g/mol. The molecule has 1 heterocycles. The second-order valence-corrected chi connectivity index (χ2v) is 5.54. The molecule has 20 heavy (non-hydrogen) atoms. The van der Waals surface area contributed by atoms with Gasteiger partial charge in [-0.3, -0.25) is 19.1 Å². The van der Waals surface area contributed by atoms with Crippen LogP contribution in [0.5, 0.6) is 0 Å². The summed E-state index contributed by atoms with van der Waals surface area (Å²) in [4.78, 5) is 26.0. The zero-order valence-electron chi connectivity index (χ0n) is 11.2. The lowest BCUT2D eigenvalue weighted by Crippen LogP contribution is -2.26. The van der Waals surface area contributed by atoms with Gasteiger partial charge in [-0.2, -0.15) is 0 Å². The fraction of sp³-hybridized carbons (Fsp3) is 0.455. The van der Waals surface area contributed by atoms with Crippen molar-refractivity contribution in [1.82, 2.24) is 10.3 Å². The molecule has 1 unspecified atom stereocenters. The molecule has 0 fully saturated rings. The van der Waals surface area contributed by atoms with Crippen LogP contribution in [-0.2, 0) is 10.8 Å². The molecular formula is C11H16N4O4S. The van der Waals surface area contributed by atoms with E-state index in [0.717, 1.165) is 6.20 Å². The lowest BCUT2D eigenvalue weighted by molar-refractivity contribution is -0.385. The summed E-state index contributed by atoms with van der Waals surface area (Å²) >= 11 is 0. The Morgan fingerprint density at radius 3 is 2.80 bits per heavy atom. The average molecular weight is 300 g/mol. The number of amides is 1. The monoisotopic (exact) mass is 300 g/mol. The maximum absolute atomic E-state index is 11.9. The summed E-state index contributed by atoms with van der Waals surface area (Å²) in [5.74, 6) is 0.299. The van der Waals surface area contributed by atoms with Gasteiger partial charge in [0.05, 0.1) is 4.92 Å². The van der Waals surface area contributed by atoms with E-state index in [1.165, 1.54) is 6.07 Å². The molecule has 0 aliphatic carbocycles. The molecule has 1 atom stereocenters. The lowest BCUT2D eigenvalue weighted by atomic mass is 10.2. The molecule has 0 spiro atoms. The Labute approximate surface area is 118 Å². The van der Waals surface area contributed by atoms with E-state index in [2.05, 4.69) is 15.6 Å². The predicted molar refractivity (Wildman–Crippen MR) is 76.3 cm³/mol. The van der Waals surface area contributed by atoms with Crippen LogP contribution in [-0.4, -0.2) is 45.6 Å². The summed E-state index contributed by atoms with van der Waals surface area (Å²) in [6, 6.07) is 1.32. The molecule has 1 aromatic rings. The first-order valence-corrected chi connectivity index (χ1v) is 7.59. The van der Waals surface area contributed by atoms with Crippen molar-refractivity contribution in [2.75, 3.05) is 30.9 Å². The van der Waals surface area contributed by atoms with E-state index in [1.54, 1.807) is 13.3 Å². The third-order valence-corrected chi connectivity index (χ3v) is 3.34. The second-order valence-electron chi connectivity index (χ2n) is 3.98. The minimum atomic E-state index is -0.921. The van der Waals surface area contributed by atoms with E-state index in [-0.39, 0.29) is 11.3 Å². The summed E-state index contributed by atoms with van der Waals surface area (Å²) in [7, 11) is 0.682. The average Bonchev–Trinajstić information content (AvgIpc) is 2.42. The van der Waals surface area contributed by atoms with Gasteiger partial charge >= 0.3 is 0 Å². The molecule has 9 heteroatoms. The first kappa shape index (κ1) is 16.0. The van der Waals surface area contributed by atoms with Gasteiger partial charge in [0.2, 0.25) is 0 Å². The minimum Gasteiger partial charge on any atom is -0.373 e. The molecule has 0 aliphatic heterocycles. The van der Waals surface area contributed by atoms with Crippen molar-refractivity contribution in [3.63, 3.8) is 0 Å². The molecule has 8 nitrogen and oxygen atoms in total. The molecule has 0 saturated carbocycles. The summed E-state index contributed by atoms with van der Waals surface area (Å²) in [5, 5.41) is 16.2. The van der Waals surface area contributed by atoms with Crippen LogP contribution in [0.2, 0.25) is 0 Å². The van der Waals surface area contributed by atoms with Crippen LogP contribution in [0.15, 0.2) is 12.3 Å². The van der Waals surface area contributed by atoms with Crippen molar-refractivity contribution in [2.24, 2.45) is 0 Å². The van der Waals surface area contributed by atoms with Gasteiger partial charge in [0, 0.05) is 42.5 Å². The summed E-state index contributed by atoms with van der Waals surface area (Å²) in [6.07, 6.45) is 3.17. The van der Waals surface area contributed by atoms with Crippen LogP contribution in [0.25, 0.3) is 0 Å². The Hall–Kier alpha value is -2.03. The summed E-state index contributed by atoms with van der Waals surface area (Å²) < 4.78 is 10.9. The minimum absolute atomic E-state index is 0.0491. The number of carbonyl (C=O) groups is 1. The van der Waals surface area contributed by atoms with Crippen molar-refractivity contribution >= 4 is 28.2 Å². The highest BCUT2D eigenvalue weighted by Crippen LogP contribution is 2.19. The Morgan fingerprint density at radius 2 is 2.25 bits per heavy atom. The van der Waals surface area contributed by atoms with Crippen molar-refractivity contribution in [3.8, 4) is 0 Å². The molecule has 0 aromatic carbocycles. The van der Waals surface area contributed by atoms with Crippen LogP contribution < -0.4 is 10.6 Å². The van der Waals surface area contributed by atoms with Gasteiger partial charge < -0.3 is 10.6 Å². The first-order chi connectivity index (χ1) is 9.45. The highest BCUT2D eigenvalue weighted by atomic mass is 32.2. The molecule has 1 amide bonds. The number of carbonyl (C=O) groups excluding carboxylic acids is 1. The van der Waals surface area contributed by atoms with Gasteiger partial charge in [-0.15, -0.1) is 0 Å². The Bertz CT molecular complexity index is 535. The standard InChI is InChI=1S/C11H16N4O4S/c1-12-10-6-8(9(7-14-10)15(17)18)11(16)13-4-3-5-20(2)19/h6-7H,3-5H2,1-2H3,(H,12,14)(H,13,16). The molecule has 0 saturated heterocycles. The highest BCUT2D eigenvalue weighted by Gasteiger charge is 2.21. The fourth-order valence-electron chi connectivity index (χ4n) is 1.48. The van der Waals surface area contributed by atoms with Gasteiger partial charge in [-0.05, 0) is 6.42 Å². The third kappa shape index (κ3) is 4.57. The number of pyridine rings is 1. The fourth-order valence-corrected chi connectivity index (χ4v) is 2.04. The molecule has 0 bridgehead atoms. The summed E-state index contributed by atoms with van der Waals surface area (Å²) in [5.41, 5.74) is -0.396. The lowest BCUT2D eigenvalue weighted by Gasteiger charge is -2.06. The number of hydrogen-bond donors (Lipinski definition) is 2. The zero-order chi connectivity index (χ0) is 15.1. The van der Waals surface area contributed by atoms with E-state index in [4.69, 9.17) is 0 Å². The van der Waals surface area contributed by atoms with Gasteiger partial charge in [0.1, 0.15) is 17.6 Å². The van der Waals surface area contributed by atoms with Crippen molar-refractivity contribution < 1.29 is 13.9 Å². The Kier molecular flexibility index (Phi) is 6.04. The smallest absolute Gasteiger partial charge is 0.300 e. The number of nitro groups is 1. The van der Waals surface area contributed by atoms with E-state index >= 15 is 0 Å². The highest BCUT2D eigenvalue weighted by molar-refractivity contribution is 7.84. The second kappa shape index (κ2) is 7.53. The molecule has 0 aliphatic rings. The number of anilines is 1. The normalized spacial score (nSPS) is 11.7. The Balaban J connectivity index is 2.79. The van der Waals surface area contributed by atoms with Crippen LogP contribution in [0.4, 0.5) is 11.5 Å². The number of nitrogens with zero attached hydrogens (tertiary/aromatic N) is 2. The maximum atomic E-state index is 11.9. The maximum Gasteiger partial charge on any atom is 0.300 e. The van der Waals surface area contributed by atoms with E-state index in [1.807, 2.05) is 0 Å². The van der Waals surface area contributed by atoms with E-state index in [0.29, 0.717) is 24.5 Å². The molecule has 2 N–H and O–H groups in total. The summed E-state index contributed by atoms with van der Waals surface area (Å²) in [6.45, 7) is 0.312. The van der Waals surface area contributed by atoms with Gasteiger partial charge in [0.25, 0.3) is 11.6 Å². The Morgan fingerprint density at radius 1 is 1.55 bits per heavy atom. The van der Waals surface area contributed by atoms with Crippen LogP contribution in [0.3, 0.4) is 0 Å². The number of hydrogen-bond acceptors (Lipinski definition) is 6. The van der Waals surface area contributed by atoms with Crippen molar-refractivity contribution in [2.45, 2.75) is 6.42 Å². The van der Waals surface area contributed by atoms with Gasteiger partial charge in [0.15, 0.2) is 0 Å². The van der Waals surface area contributed by atoms with Crippen LogP contribution in [0.1, 0.15) is 16.8 Å². The van der Waals surface area contributed by atoms with Crippen LogP contribution in [0, 0.1) is 10.1 Å². The largest absolute Gasteiger partial charge is 0.373 e. The van der Waals surface area contributed by atoms with E-state index < -0.39 is 21.6 Å². The number of nitrogens with one attached hydrogen (secondary N) is 2. The van der Waals surface area contributed by atoms with Gasteiger partial charge in [-0.1, -0.05) is 0 Å². The predicted octanol–water partition coefficient (Wildman–Crippen LogP) is 0.530. The van der Waals surface area contributed by atoms with Crippen molar-refractivity contribution in [1.29, 1.82) is 0 Å². The number of rotatable bonds is 7.